The summed E-state index contributed by atoms with van der Waals surface area (Å²) < 4.78 is 40.3. The molecule has 1 saturated heterocycles. The number of likely N-dealkylation sites (N-methyl/N-ethyl adjacent to an activating group) is 1. The quantitative estimate of drug-likeness (QED) is 0.647. The summed E-state index contributed by atoms with van der Waals surface area (Å²) in [5.41, 5.74) is -0.234. The first kappa shape index (κ1) is 21.7. The zero-order chi connectivity index (χ0) is 21.2. The molecule has 1 aliphatic heterocycles. The van der Waals surface area contributed by atoms with Gasteiger partial charge in [-0.25, -0.2) is 0 Å². The normalized spacial score (nSPS) is 20.1. The van der Waals surface area contributed by atoms with E-state index in [1.54, 1.807) is 0 Å². The van der Waals surface area contributed by atoms with Crippen molar-refractivity contribution in [2.45, 2.75) is 37.5 Å². The second-order valence-electron chi connectivity index (χ2n) is 8.09. The first-order valence-electron chi connectivity index (χ1n) is 9.65. The van der Waals surface area contributed by atoms with Crippen molar-refractivity contribution >= 4 is 17.5 Å². The topological polar surface area (TPSA) is 29.1 Å². The molecule has 0 bridgehead atoms. The van der Waals surface area contributed by atoms with Gasteiger partial charge in [0, 0.05) is 6.42 Å². The Morgan fingerprint density at radius 1 is 1.10 bits per heavy atom. The highest BCUT2D eigenvalue weighted by Crippen LogP contribution is 2.37. The second-order valence-corrected chi connectivity index (χ2v) is 8.47. The molecule has 1 amide bonds. The van der Waals surface area contributed by atoms with E-state index in [9.17, 15) is 18.0 Å². The third-order valence-electron chi connectivity index (χ3n) is 5.76. The maximum atomic E-state index is 13.2. The molecule has 1 aliphatic rings. The zero-order valence-corrected chi connectivity index (χ0v) is 17.2. The van der Waals surface area contributed by atoms with E-state index in [1.165, 1.54) is 12.1 Å². The van der Waals surface area contributed by atoms with Crippen LogP contribution in [-0.4, -0.2) is 37.1 Å². The summed E-state index contributed by atoms with van der Waals surface area (Å²) in [6.07, 6.45) is -1.54. The van der Waals surface area contributed by atoms with Gasteiger partial charge in [0.1, 0.15) is 12.1 Å². The third kappa shape index (κ3) is 4.75. The number of hydrogen-bond donors (Lipinski definition) is 1. The molecule has 3 nitrogen and oxygen atoms in total. The van der Waals surface area contributed by atoms with Crippen molar-refractivity contribution in [2.75, 3.05) is 20.6 Å². The van der Waals surface area contributed by atoms with Gasteiger partial charge in [0.25, 0.3) is 5.91 Å². The predicted molar refractivity (Wildman–Crippen MR) is 108 cm³/mol. The molecule has 1 N–H and O–H groups in total. The number of benzene rings is 2. The summed E-state index contributed by atoms with van der Waals surface area (Å²) in [7, 11) is 4.26. The molecule has 29 heavy (non-hydrogen) atoms. The first-order valence-corrected chi connectivity index (χ1v) is 10.0. The highest BCUT2D eigenvalue weighted by atomic mass is 35.5. The van der Waals surface area contributed by atoms with Crippen LogP contribution in [-0.2, 0) is 6.18 Å². The molecule has 1 fully saturated rings. The summed E-state index contributed by atoms with van der Waals surface area (Å²) in [5, 5.41) is 2.42. The predicted octanol–water partition coefficient (Wildman–Crippen LogP) is 5.46. The number of carbonyl (C=O) groups is 1. The van der Waals surface area contributed by atoms with Gasteiger partial charge >= 0.3 is 6.18 Å². The fourth-order valence-corrected chi connectivity index (χ4v) is 4.48. The van der Waals surface area contributed by atoms with Crippen LogP contribution < -0.4 is 5.32 Å². The average Bonchev–Trinajstić information content (AvgIpc) is 2.66. The first-order chi connectivity index (χ1) is 13.6. The van der Waals surface area contributed by atoms with Crippen molar-refractivity contribution in [3.05, 3.63) is 70.2 Å². The molecule has 0 aliphatic carbocycles. The Labute approximate surface area is 174 Å². The van der Waals surface area contributed by atoms with E-state index in [4.69, 9.17) is 11.6 Å². The number of likely N-dealkylation sites (tertiary alicyclic amines) is 1. The molecule has 2 aromatic carbocycles. The highest BCUT2D eigenvalue weighted by molar-refractivity contribution is 6.34. The summed E-state index contributed by atoms with van der Waals surface area (Å²) in [4.78, 5) is 13.0. The van der Waals surface area contributed by atoms with Crippen LogP contribution in [0.2, 0.25) is 5.02 Å². The second kappa shape index (κ2) is 8.36. The molecule has 3 rings (SSSR count). The lowest BCUT2D eigenvalue weighted by molar-refractivity contribution is -0.922. The minimum atomic E-state index is -4.62. The SMILES string of the molecule is C[N+]1(C)CCCC[C@H]1[C@@H](NC(=O)c1cccc(C(F)(F)F)c1Cl)c1ccccc1. The van der Waals surface area contributed by atoms with E-state index >= 15 is 0 Å². The van der Waals surface area contributed by atoms with Gasteiger partial charge in [-0.15, -0.1) is 0 Å². The lowest BCUT2D eigenvalue weighted by Crippen LogP contribution is -2.57. The minimum absolute atomic E-state index is 0.111. The van der Waals surface area contributed by atoms with Crippen LogP contribution in [0.4, 0.5) is 13.2 Å². The molecule has 2 atom stereocenters. The van der Waals surface area contributed by atoms with Crippen molar-refractivity contribution in [3.8, 4) is 0 Å². The number of nitrogens with one attached hydrogen (secondary N) is 1. The van der Waals surface area contributed by atoms with E-state index in [2.05, 4.69) is 19.4 Å². The molecule has 0 spiro atoms. The van der Waals surface area contributed by atoms with Crippen LogP contribution in [0.25, 0.3) is 0 Å². The molecule has 0 saturated carbocycles. The Morgan fingerprint density at radius 3 is 2.41 bits per heavy atom. The molecule has 0 radical (unpaired) electrons. The summed E-state index contributed by atoms with van der Waals surface area (Å²) in [6.45, 7) is 0.980. The Balaban J connectivity index is 1.96. The van der Waals surface area contributed by atoms with E-state index < -0.39 is 22.7 Å². The smallest absolute Gasteiger partial charge is 0.339 e. The number of carbonyl (C=O) groups excluding carboxylic acids is 1. The van der Waals surface area contributed by atoms with Gasteiger partial charge in [-0.2, -0.15) is 13.2 Å². The highest BCUT2D eigenvalue weighted by Gasteiger charge is 2.40. The van der Waals surface area contributed by atoms with Gasteiger partial charge in [-0.1, -0.05) is 48.0 Å². The number of halogens is 4. The third-order valence-corrected chi connectivity index (χ3v) is 6.17. The summed E-state index contributed by atoms with van der Waals surface area (Å²) in [6, 6.07) is 12.8. The van der Waals surface area contributed by atoms with Crippen molar-refractivity contribution in [3.63, 3.8) is 0 Å². The van der Waals surface area contributed by atoms with Gasteiger partial charge in [-0.3, -0.25) is 4.79 Å². The summed E-state index contributed by atoms with van der Waals surface area (Å²) in [5.74, 6) is -0.597. The lowest BCUT2D eigenvalue weighted by atomic mass is 9.89. The average molecular weight is 426 g/mol. The molecule has 0 aromatic heterocycles. The molecular formula is C22H25ClF3N2O+. The Bertz CT molecular complexity index is 868. The number of hydrogen-bond acceptors (Lipinski definition) is 1. The van der Waals surface area contributed by atoms with Gasteiger partial charge in [0.05, 0.1) is 36.8 Å². The van der Waals surface area contributed by atoms with E-state index in [1.807, 2.05) is 30.3 Å². The van der Waals surface area contributed by atoms with E-state index in [-0.39, 0.29) is 17.6 Å². The van der Waals surface area contributed by atoms with Crippen LogP contribution in [0.3, 0.4) is 0 Å². The number of piperidine rings is 1. The van der Waals surface area contributed by atoms with Crippen molar-refractivity contribution < 1.29 is 22.4 Å². The number of quaternary nitrogens is 1. The van der Waals surface area contributed by atoms with Crippen LogP contribution in [0.5, 0.6) is 0 Å². The molecule has 2 aromatic rings. The van der Waals surface area contributed by atoms with Crippen LogP contribution in [0, 0.1) is 0 Å². The van der Waals surface area contributed by atoms with Crippen LogP contribution >= 0.6 is 11.6 Å². The Hall–Kier alpha value is -2.05. The van der Waals surface area contributed by atoms with Crippen LogP contribution in [0.1, 0.15) is 46.8 Å². The number of amides is 1. The van der Waals surface area contributed by atoms with E-state index in [0.717, 1.165) is 41.9 Å². The van der Waals surface area contributed by atoms with Crippen molar-refractivity contribution in [2.24, 2.45) is 0 Å². The fraction of sp³-hybridized carbons (Fsp3) is 0.409. The number of nitrogens with zero attached hydrogens (tertiary/aromatic N) is 1. The minimum Gasteiger partial charge on any atom is -0.339 e. The lowest BCUT2D eigenvalue weighted by Gasteiger charge is -2.45. The molecule has 1 heterocycles. The van der Waals surface area contributed by atoms with Gasteiger partial charge < -0.3 is 9.80 Å². The zero-order valence-electron chi connectivity index (χ0n) is 16.5. The van der Waals surface area contributed by atoms with Crippen molar-refractivity contribution in [1.82, 2.24) is 5.32 Å². The fourth-order valence-electron chi connectivity index (χ4n) is 4.17. The molecule has 0 unspecified atom stereocenters. The Kier molecular flexibility index (Phi) is 6.24. The molecule has 7 heteroatoms. The van der Waals surface area contributed by atoms with Crippen LogP contribution in [0.15, 0.2) is 48.5 Å². The number of alkyl halides is 3. The molecular weight excluding hydrogens is 401 g/mol. The van der Waals surface area contributed by atoms with Gasteiger partial charge in [0.2, 0.25) is 0 Å². The van der Waals surface area contributed by atoms with Gasteiger partial charge in [0.15, 0.2) is 0 Å². The maximum absolute atomic E-state index is 13.2. The van der Waals surface area contributed by atoms with Crippen molar-refractivity contribution in [1.29, 1.82) is 0 Å². The van der Waals surface area contributed by atoms with E-state index in [0.29, 0.717) is 0 Å². The number of rotatable bonds is 4. The largest absolute Gasteiger partial charge is 0.417 e. The van der Waals surface area contributed by atoms with Gasteiger partial charge in [-0.05, 0) is 30.5 Å². The molecule has 156 valence electrons. The maximum Gasteiger partial charge on any atom is 0.417 e. The summed E-state index contributed by atoms with van der Waals surface area (Å²) >= 11 is 5.97. The standard InChI is InChI=1S/C22H24ClF3N2O/c1-28(2)14-7-6-13-18(28)20(15-9-4-3-5-10-15)27-21(29)16-11-8-12-17(19(16)23)22(24,25)26/h3-5,8-12,18,20H,6-7,13-14H2,1-2H3/p+1/t18-,20-/m0/s1. The Morgan fingerprint density at radius 2 is 1.79 bits per heavy atom. The monoisotopic (exact) mass is 425 g/mol.